The van der Waals surface area contributed by atoms with Crippen LogP contribution in [0.2, 0.25) is 0 Å². The van der Waals surface area contributed by atoms with Gasteiger partial charge in [-0.3, -0.25) is 0 Å². The Morgan fingerprint density at radius 1 is 1.29 bits per heavy atom. The third kappa shape index (κ3) is 3.81. The molecule has 0 fully saturated rings. The van der Waals surface area contributed by atoms with Gasteiger partial charge in [0.25, 0.3) is 0 Å². The van der Waals surface area contributed by atoms with Crippen LogP contribution >= 0.6 is 0 Å². The van der Waals surface area contributed by atoms with Crippen molar-refractivity contribution in [3.05, 3.63) is 36.6 Å². The van der Waals surface area contributed by atoms with Crippen molar-refractivity contribution < 1.29 is 23.7 Å². The van der Waals surface area contributed by atoms with Crippen molar-refractivity contribution in [2.45, 2.75) is 0 Å². The van der Waals surface area contributed by atoms with Crippen LogP contribution in [0.5, 0.6) is 11.5 Å². The first-order valence-electron chi connectivity index (χ1n) is 4.84. The van der Waals surface area contributed by atoms with Crippen LogP contribution in [0.3, 0.4) is 0 Å². The lowest BCUT2D eigenvalue weighted by Crippen LogP contribution is -2.04. The molecule has 0 radical (unpaired) electrons. The molecule has 0 aliphatic carbocycles. The average molecular weight is 238 g/mol. The van der Waals surface area contributed by atoms with E-state index in [4.69, 9.17) is 14.2 Å². The summed E-state index contributed by atoms with van der Waals surface area (Å²) >= 11 is 0. The van der Waals surface area contributed by atoms with E-state index in [2.05, 4.69) is 11.3 Å². The van der Waals surface area contributed by atoms with E-state index >= 15 is 0 Å². The van der Waals surface area contributed by atoms with E-state index < -0.39 is 5.97 Å². The standard InChI is InChI=1S/C12H14O5/c1-4-16-10-5-9(12(13)15-3)6-11(7-10)17-8-14-2/h4-7H,1,8H2,2-3H3. The maximum atomic E-state index is 11.4. The Bertz CT molecular complexity index is 400. The van der Waals surface area contributed by atoms with Gasteiger partial charge in [-0.1, -0.05) is 6.58 Å². The van der Waals surface area contributed by atoms with Gasteiger partial charge in [-0.15, -0.1) is 0 Å². The molecule has 0 spiro atoms. The number of carbonyl (C=O) groups is 1. The second-order valence-corrected chi connectivity index (χ2v) is 3.02. The summed E-state index contributed by atoms with van der Waals surface area (Å²) in [7, 11) is 2.81. The Kier molecular flexibility index (Phi) is 5.03. The maximum absolute atomic E-state index is 11.4. The van der Waals surface area contributed by atoms with E-state index in [1.54, 1.807) is 12.1 Å². The van der Waals surface area contributed by atoms with E-state index in [9.17, 15) is 4.79 Å². The molecule has 1 aromatic carbocycles. The molecule has 1 rings (SSSR count). The summed E-state index contributed by atoms with van der Waals surface area (Å²) in [6.45, 7) is 3.52. The molecule has 0 amide bonds. The van der Waals surface area contributed by atoms with E-state index in [-0.39, 0.29) is 6.79 Å². The van der Waals surface area contributed by atoms with Crippen LogP contribution < -0.4 is 9.47 Å². The van der Waals surface area contributed by atoms with Crippen LogP contribution in [0.1, 0.15) is 10.4 Å². The lowest BCUT2D eigenvalue weighted by atomic mass is 10.2. The fourth-order valence-electron chi connectivity index (χ4n) is 1.18. The molecule has 5 heteroatoms. The van der Waals surface area contributed by atoms with Gasteiger partial charge in [-0.05, 0) is 12.1 Å². The van der Waals surface area contributed by atoms with Crippen LogP contribution in [0.4, 0.5) is 0 Å². The predicted octanol–water partition coefficient (Wildman–Crippen LogP) is 1.98. The molecule has 0 aromatic heterocycles. The zero-order valence-electron chi connectivity index (χ0n) is 9.76. The number of rotatable bonds is 6. The van der Waals surface area contributed by atoms with Crippen LogP contribution in [-0.4, -0.2) is 27.0 Å². The summed E-state index contributed by atoms with van der Waals surface area (Å²) in [6, 6.07) is 4.70. The van der Waals surface area contributed by atoms with Crippen LogP contribution in [0, 0.1) is 0 Å². The van der Waals surface area contributed by atoms with Gasteiger partial charge >= 0.3 is 5.97 Å². The Balaban J connectivity index is 2.99. The van der Waals surface area contributed by atoms with Crippen molar-refractivity contribution in [2.75, 3.05) is 21.0 Å². The number of carbonyl (C=O) groups excluding carboxylic acids is 1. The van der Waals surface area contributed by atoms with Gasteiger partial charge < -0.3 is 18.9 Å². The smallest absolute Gasteiger partial charge is 0.338 e. The molecule has 0 N–H and O–H groups in total. The van der Waals surface area contributed by atoms with Crippen molar-refractivity contribution in [3.63, 3.8) is 0 Å². The van der Waals surface area contributed by atoms with Crippen LogP contribution in [-0.2, 0) is 9.47 Å². The fourth-order valence-corrected chi connectivity index (χ4v) is 1.18. The highest BCUT2D eigenvalue weighted by atomic mass is 16.7. The second kappa shape index (κ2) is 6.55. The first-order chi connectivity index (χ1) is 8.21. The number of hydrogen-bond acceptors (Lipinski definition) is 5. The van der Waals surface area contributed by atoms with Crippen molar-refractivity contribution in [1.29, 1.82) is 0 Å². The van der Waals surface area contributed by atoms with Crippen molar-refractivity contribution in [1.82, 2.24) is 0 Å². The quantitative estimate of drug-likeness (QED) is 0.431. The summed E-state index contributed by atoms with van der Waals surface area (Å²) < 4.78 is 19.7. The normalized spacial score (nSPS) is 9.53. The lowest BCUT2D eigenvalue weighted by molar-refractivity contribution is 0.0502. The molecular formula is C12H14O5. The third-order valence-electron chi connectivity index (χ3n) is 1.86. The summed E-state index contributed by atoms with van der Waals surface area (Å²) in [6.07, 6.45) is 1.26. The summed E-state index contributed by atoms with van der Waals surface area (Å²) in [5.74, 6) is 0.419. The van der Waals surface area contributed by atoms with E-state index in [1.165, 1.54) is 26.5 Å². The van der Waals surface area contributed by atoms with Crippen molar-refractivity contribution >= 4 is 5.97 Å². The largest absolute Gasteiger partial charge is 0.467 e. The first-order valence-corrected chi connectivity index (χ1v) is 4.84. The van der Waals surface area contributed by atoms with Gasteiger partial charge in [0.1, 0.15) is 11.5 Å². The molecule has 0 atom stereocenters. The van der Waals surface area contributed by atoms with Crippen LogP contribution in [0.15, 0.2) is 31.0 Å². The van der Waals surface area contributed by atoms with Gasteiger partial charge in [0.05, 0.1) is 18.9 Å². The van der Waals surface area contributed by atoms with Gasteiger partial charge in [0.15, 0.2) is 6.79 Å². The molecule has 0 aliphatic heterocycles. The average Bonchev–Trinajstić information content (AvgIpc) is 2.35. The predicted molar refractivity (Wildman–Crippen MR) is 61.1 cm³/mol. The number of ether oxygens (including phenoxy) is 4. The molecule has 92 valence electrons. The molecule has 0 unspecified atom stereocenters. The van der Waals surface area contributed by atoms with E-state index in [0.29, 0.717) is 17.1 Å². The second-order valence-electron chi connectivity index (χ2n) is 3.02. The minimum atomic E-state index is -0.471. The van der Waals surface area contributed by atoms with Gasteiger partial charge in [-0.25, -0.2) is 4.79 Å². The first kappa shape index (κ1) is 13.1. The molecule has 17 heavy (non-hydrogen) atoms. The minimum Gasteiger partial charge on any atom is -0.467 e. The topological polar surface area (TPSA) is 54.0 Å². The highest BCUT2D eigenvalue weighted by Gasteiger charge is 2.10. The zero-order chi connectivity index (χ0) is 12.7. The maximum Gasteiger partial charge on any atom is 0.338 e. The minimum absolute atomic E-state index is 0.0815. The summed E-state index contributed by atoms with van der Waals surface area (Å²) in [5, 5.41) is 0. The van der Waals surface area contributed by atoms with Gasteiger partial charge in [0.2, 0.25) is 0 Å². The monoisotopic (exact) mass is 238 g/mol. The molecule has 0 saturated carbocycles. The van der Waals surface area contributed by atoms with Crippen molar-refractivity contribution in [3.8, 4) is 11.5 Å². The van der Waals surface area contributed by atoms with Gasteiger partial charge in [-0.2, -0.15) is 0 Å². The highest BCUT2D eigenvalue weighted by molar-refractivity contribution is 5.90. The molecule has 0 saturated heterocycles. The highest BCUT2D eigenvalue weighted by Crippen LogP contribution is 2.23. The van der Waals surface area contributed by atoms with Crippen LogP contribution in [0.25, 0.3) is 0 Å². The lowest BCUT2D eigenvalue weighted by Gasteiger charge is -2.09. The molecule has 0 bridgehead atoms. The number of benzene rings is 1. The number of esters is 1. The summed E-state index contributed by atoms with van der Waals surface area (Å²) in [4.78, 5) is 11.4. The van der Waals surface area contributed by atoms with Gasteiger partial charge in [0, 0.05) is 13.2 Å². The molecule has 5 nitrogen and oxygen atoms in total. The van der Waals surface area contributed by atoms with E-state index in [1.807, 2.05) is 0 Å². The Hall–Kier alpha value is -2.01. The fraction of sp³-hybridized carbons (Fsp3) is 0.250. The third-order valence-corrected chi connectivity index (χ3v) is 1.86. The van der Waals surface area contributed by atoms with E-state index in [0.717, 1.165) is 0 Å². The Labute approximate surface area is 99.5 Å². The Morgan fingerprint density at radius 2 is 2.00 bits per heavy atom. The SMILES string of the molecule is C=COc1cc(OCOC)cc(C(=O)OC)c1. The van der Waals surface area contributed by atoms with Crippen molar-refractivity contribution in [2.24, 2.45) is 0 Å². The number of methoxy groups -OCH3 is 2. The molecule has 1 aromatic rings. The Morgan fingerprint density at radius 3 is 2.59 bits per heavy atom. The molecule has 0 aliphatic rings. The molecular weight excluding hydrogens is 224 g/mol. The summed E-state index contributed by atoms with van der Waals surface area (Å²) in [5.41, 5.74) is 0.331. The zero-order valence-corrected chi connectivity index (χ0v) is 9.76. The molecule has 0 heterocycles. The number of hydrogen-bond donors (Lipinski definition) is 0.